The molecular formula is C29H34N2O5. The number of para-hydroxylation sites is 1. The van der Waals surface area contributed by atoms with Gasteiger partial charge in [0.2, 0.25) is 0 Å². The summed E-state index contributed by atoms with van der Waals surface area (Å²) in [4.78, 5) is 31.5. The van der Waals surface area contributed by atoms with Crippen molar-refractivity contribution in [3.63, 3.8) is 0 Å². The molecule has 1 aliphatic heterocycles. The van der Waals surface area contributed by atoms with Crippen LogP contribution in [0.15, 0.2) is 48.0 Å². The third-order valence-electron chi connectivity index (χ3n) is 6.52. The highest BCUT2D eigenvalue weighted by Crippen LogP contribution is 2.43. The highest BCUT2D eigenvalue weighted by molar-refractivity contribution is 6.46. The Morgan fingerprint density at radius 3 is 2.58 bits per heavy atom. The quantitative estimate of drug-likeness (QED) is 0.184. The molecule has 7 heteroatoms. The zero-order valence-corrected chi connectivity index (χ0v) is 21.6. The van der Waals surface area contributed by atoms with E-state index in [4.69, 9.17) is 9.47 Å². The summed E-state index contributed by atoms with van der Waals surface area (Å²) in [5, 5.41) is 12.4. The summed E-state index contributed by atoms with van der Waals surface area (Å²) >= 11 is 0. The molecule has 7 nitrogen and oxygen atoms in total. The summed E-state index contributed by atoms with van der Waals surface area (Å²) < 4.78 is 11.1. The highest BCUT2D eigenvalue weighted by atomic mass is 16.5. The molecule has 2 heterocycles. The van der Waals surface area contributed by atoms with Gasteiger partial charge in [0.25, 0.3) is 11.7 Å². The number of H-pyrrole nitrogens is 1. The van der Waals surface area contributed by atoms with E-state index in [0.29, 0.717) is 37.7 Å². The molecule has 1 amide bonds. The van der Waals surface area contributed by atoms with Crippen molar-refractivity contribution in [1.29, 1.82) is 0 Å². The number of aliphatic hydroxyl groups is 1. The van der Waals surface area contributed by atoms with E-state index in [2.05, 4.69) is 18.8 Å². The van der Waals surface area contributed by atoms with Gasteiger partial charge in [-0.25, -0.2) is 0 Å². The first kappa shape index (κ1) is 25.5. The van der Waals surface area contributed by atoms with Crippen molar-refractivity contribution in [2.45, 2.75) is 40.2 Å². The van der Waals surface area contributed by atoms with E-state index >= 15 is 0 Å². The number of nitrogens with zero attached hydrogens (tertiary/aromatic N) is 1. The number of benzene rings is 2. The molecule has 1 fully saturated rings. The van der Waals surface area contributed by atoms with E-state index in [1.165, 1.54) is 0 Å². The van der Waals surface area contributed by atoms with Crippen LogP contribution in [-0.4, -0.2) is 53.5 Å². The van der Waals surface area contributed by atoms with Crippen molar-refractivity contribution in [2.75, 3.05) is 26.9 Å². The molecule has 1 unspecified atom stereocenters. The number of hydrogen-bond donors (Lipinski definition) is 2. The van der Waals surface area contributed by atoms with Crippen LogP contribution in [0.3, 0.4) is 0 Å². The molecular weight excluding hydrogens is 456 g/mol. The van der Waals surface area contributed by atoms with E-state index in [9.17, 15) is 14.7 Å². The predicted octanol–water partition coefficient (Wildman–Crippen LogP) is 5.28. The van der Waals surface area contributed by atoms with Crippen LogP contribution < -0.4 is 4.74 Å². The zero-order valence-electron chi connectivity index (χ0n) is 21.6. The molecule has 0 saturated carbocycles. The average Bonchev–Trinajstić information content (AvgIpc) is 3.30. The molecule has 2 N–H and O–H groups in total. The predicted molar refractivity (Wildman–Crippen MR) is 140 cm³/mol. The van der Waals surface area contributed by atoms with Gasteiger partial charge in [-0.15, -0.1) is 0 Å². The number of aromatic amines is 1. The number of carbonyl (C=O) groups excluding carboxylic acids is 2. The lowest BCUT2D eigenvalue weighted by Gasteiger charge is -2.25. The molecule has 3 aromatic rings. The van der Waals surface area contributed by atoms with Gasteiger partial charge in [-0.2, -0.15) is 0 Å². The number of aliphatic hydroxyl groups excluding tert-OH is 1. The Bertz CT molecular complexity index is 1320. The van der Waals surface area contributed by atoms with Gasteiger partial charge in [0.1, 0.15) is 11.5 Å². The number of likely N-dealkylation sites (tertiary alicyclic amines) is 1. The number of carbonyl (C=O) groups is 2. The number of rotatable bonds is 9. The molecule has 1 saturated heterocycles. The number of Topliss-reactive ketones (excluding diaryl/α,β-unsaturated/α-hetero) is 1. The summed E-state index contributed by atoms with van der Waals surface area (Å²) in [6.45, 7) is 9.35. The number of amides is 1. The molecule has 36 heavy (non-hydrogen) atoms. The second-order valence-corrected chi connectivity index (χ2v) is 9.73. The van der Waals surface area contributed by atoms with E-state index in [-0.39, 0.29) is 11.3 Å². The van der Waals surface area contributed by atoms with E-state index in [1.807, 2.05) is 38.1 Å². The van der Waals surface area contributed by atoms with E-state index in [0.717, 1.165) is 33.5 Å². The van der Waals surface area contributed by atoms with Crippen LogP contribution in [-0.2, 0) is 14.3 Å². The Hall–Kier alpha value is -3.58. The van der Waals surface area contributed by atoms with Gasteiger partial charge in [-0.1, -0.05) is 32.0 Å². The molecule has 2 aromatic carbocycles. The van der Waals surface area contributed by atoms with Gasteiger partial charge in [0, 0.05) is 48.0 Å². The third-order valence-corrected chi connectivity index (χ3v) is 6.52. The van der Waals surface area contributed by atoms with Crippen molar-refractivity contribution in [3.05, 3.63) is 70.4 Å². The monoisotopic (exact) mass is 490 g/mol. The first-order valence-electron chi connectivity index (χ1n) is 12.3. The first-order chi connectivity index (χ1) is 17.2. The summed E-state index contributed by atoms with van der Waals surface area (Å²) in [5.41, 5.74) is 3.99. The fraction of sp³-hybridized carbons (Fsp3) is 0.379. The number of nitrogens with one attached hydrogen (secondary N) is 1. The SMILES string of the molecule is COCCCN1C(=O)C(=O)/C(=C(/O)c2ccc(OCC(C)C)c(C)c2)C1c1c(C)[nH]c2ccccc12. The van der Waals surface area contributed by atoms with E-state index < -0.39 is 17.7 Å². The Balaban J connectivity index is 1.84. The second kappa shape index (κ2) is 10.6. The van der Waals surface area contributed by atoms with Crippen molar-refractivity contribution in [3.8, 4) is 5.75 Å². The van der Waals surface area contributed by atoms with Crippen molar-refractivity contribution >= 4 is 28.4 Å². The number of ketones is 1. The topological polar surface area (TPSA) is 91.9 Å². The molecule has 0 bridgehead atoms. The van der Waals surface area contributed by atoms with Gasteiger partial charge < -0.3 is 24.5 Å². The number of aromatic nitrogens is 1. The normalized spacial score (nSPS) is 17.5. The average molecular weight is 491 g/mol. The minimum absolute atomic E-state index is 0.0977. The Morgan fingerprint density at radius 1 is 1.14 bits per heavy atom. The second-order valence-electron chi connectivity index (χ2n) is 9.73. The van der Waals surface area contributed by atoms with Gasteiger partial charge in [-0.05, 0) is 56.0 Å². The third kappa shape index (κ3) is 4.75. The van der Waals surface area contributed by atoms with Crippen LogP contribution in [0.25, 0.3) is 16.7 Å². The van der Waals surface area contributed by atoms with Crippen LogP contribution in [0.1, 0.15) is 48.7 Å². The Kier molecular flexibility index (Phi) is 7.50. The Labute approximate surface area is 211 Å². The van der Waals surface area contributed by atoms with Crippen LogP contribution in [0.2, 0.25) is 0 Å². The number of ether oxygens (including phenoxy) is 2. The molecule has 190 valence electrons. The maximum atomic E-state index is 13.4. The lowest BCUT2D eigenvalue weighted by atomic mass is 9.93. The number of methoxy groups -OCH3 is 1. The number of fused-ring (bicyclic) bond motifs is 1. The summed E-state index contributed by atoms with van der Waals surface area (Å²) in [6, 6.07) is 12.4. The fourth-order valence-corrected chi connectivity index (χ4v) is 4.81. The molecule has 1 aliphatic rings. The number of hydrogen-bond acceptors (Lipinski definition) is 5. The lowest BCUT2D eigenvalue weighted by molar-refractivity contribution is -0.140. The van der Waals surface area contributed by atoms with Gasteiger partial charge in [0.15, 0.2) is 0 Å². The van der Waals surface area contributed by atoms with Crippen LogP contribution >= 0.6 is 0 Å². The van der Waals surface area contributed by atoms with Crippen molar-refractivity contribution in [2.24, 2.45) is 5.92 Å². The zero-order chi connectivity index (χ0) is 26.0. The molecule has 0 spiro atoms. The van der Waals surface area contributed by atoms with Gasteiger partial charge >= 0.3 is 0 Å². The Morgan fingerprint density at radius 2 is 1.89 bits per heavy atom. The van der Waals surface area contributed by atoms with Crippen LogP contribution in [0.5, 0.6) is 5.75 Å². The molecule has 1 atom stereocenters. The van der Waals surface area contributed by atoms with Crippen LogP contribution in [0.4, 0.5) is 0 Å². The van der Waals surface area contributed by atoms with Gasteiger partial charge in [-0.3, -0.25) is 9.59 Å². The summed E-state index contributed by atoms with van der Waals surface area (Å²) in [6.07, 6.45) is 0.572. The van der Waals surface area contributed by atoms with Crippen molar-refractivity contribution < 1.29 is 24.2 Å². The molecule has 0 radical (unpaired) electrons. The lowest BCUT2D eigenvalue weighted by Crippen LogP contribution is -2.31. The summed E-state index contributed by atoms with van der Waals surface area (Å²) in [5.74, 6) is -0.376. The maximum absolute atomic E-state index is 13.4. The molecule has 1 aromatic heterocycles. The molecule has 4 rings (SSSR count). The van der Waals surface area contributed by atoms with Crippen molar-refractivity contribution in [1.82, 2.24) is 9.88 Å². The highest BCUT2D eigenvalue weighted by Gasteiger charge is 2.47. The maximum Gasteiger partial charge on any atom is 0.295 e. The minimum Gasteiger partial charge on any atom is -0.507 e. The standard InChI is InChI=1S/C29H34N2O5/c1-17(2)16-36-23-12-11-20(15-18(23)3)27(32)25-26(31(13-8-14-35-5)29(34)28(25)33)24-19(4)30-22-10-7-6-9-21(22)24/h6-7,9-12,15,17,26,30,32H,8,13-14,16H2,1-5H3/b27-25+. The first-order valence-corrected chi connectivity index (χ1v) is 12.3. The van der Waals surface area contributed by atoms with Gasteiger partial charge in [0.05, 0.1) is 18.2 Å². The largest absolute Gasteiger partial charge is 0.507 e. The molecule has 0 aliphatic carbocycles. The minimum atomic E-state index is -0.713. The van der Waals surface area contributed by atoms with Crippen LogP contribution in [0, 0.1) is 19.8 Å². The summed E-state index contributed by atoms with van der Waals surface area (Å²) in [7, 11) is 1.60. The van der Waals surface area contributed by atoms with E-state index in [1.54, 1.807) is 30.2 Å². The number of aryl methyl sites for hydroxylation is 2. The smallest absolute Gasteiger partial charge is 0.295 e. The fourth-order valence-electron chi connectivity index (χ4n) is 4.81.